The maximum atomic E-state index is 5.79. The van der Waals surface area contributed by atoms with Crippen LogP contribution in [0, 0.1) is 0 Å². The molecule has 0 fully saturated rings. The second kappa shape index (κ2) is 7.64. The first kappa shape index (κ1) is 16.1. The minimum Gasteiger partial charge on any atom is -0.489 e. The lowest BCUT2D eigenvalue weighted by Gasteiger charge is -2.14. The first-order chi connectivity index (χ1) is 11.7. The molecule has 0 spiro atoms. The number of nitrogens with zero attached hydrogens (tertiary/aromatic N) is 2. The van der Waals surface area contributed by atoms with Crippen molar-refractivity contribution in [2.75, 3.05) is 5.32 Å². The molecule has 1 aromatic heterocycles. The molecule has 5 nitrogen and oxygen atoms in total. The molecule has 1 N–H and O–H groups in total. The number of para-hydroxylation sites is 2. The van der Waals surface area contributed by atoms with Gasteiger partial charge in [0, 0.05) is 0 Å². The highest BCUT2D eigenvalue weighted by Crippen LogP contribution is 2.25. The number of rotatable bonds is 7. The van der Waals surface area contributed by atoms with E-state index in [4.69, 9.17) is 9.15 Å². The van der Waals surface area contributed by atoms with Gasteiger partial charge in [0.15, 0.2) is 0 Å². The predicted molar refractivity (Wildman–Crippen MR) is 93.1 cm³/mol. The van der Waals surface area contributed by atoms with Crippen molar-refractivity contribution in [3.05, 3.63) is 71.9 Å². The van der Waals surface area contributed by atoms with Gasteiger partial charge >= 0.3 is 0 Å². The number of hydrogen-bond donors (Lipinski definition) is 1. The third kappa shape index (κ3) is 4.35. The average molecular weight is 323 g/mol. The molecule has 0 bridgehead atoms. The Balaban J connectivity index is 1.62. The van der Waals surface area contributed by atoms with Crippen LogP contribution in [-0.2, 0) is 13.0 Å². The summed E-state index contributed by atoms with van der Waals surface area (Å²) in [6, 6.07) is 17.9. The lowest BCUT2D eigenvalue weighted by molar-refractivity contribution is 0.243. The molecule has 5 heteroatoms. The van der Waals surface area contributed by atoms with E-state index in [2.05, 4.69) is 15.5 Å². The van der Waals surface area contributed by atoms with Crippen LogP contribution in [0.5, 0.6) is 5.75 Å². The van der Waals surface area contributed by atoms with Crippen molar-refractivity contribution in [2.24, 2.45) is 0 Å². The molecule has 0 saturated heterocycles. The van der Waals surface area contributed by atoms with E-state index in [9.17, 15) is 0 Å². The number of ether oxygens (including phenoxy) is 1. The number of benzene rings is 2. The summed E-state index contributed by atoms with van der Waals surface area (Å²) >= 11 is 0. The van der Waals surface area contributed by atoms with Gasteiger partial charge in [0.25, 0.3) is 0 Å². The molecule has 0 aliphatic carbocycles. The molecule has 2 aromatic carbocycles. The SMILES string of the molecule is CC(C)Oc1ccccc1NCc1nnc(Cc2ccccc2)o1. The van der Waals surface area contributed by atoms with Crippen LogP contribution in [0.4, 0.5) is 5.69 Å². The van der Waals surface area contributed by atoms with Crippen LogP contribution in [0.2, 0.25) is 0 Å². The molecular weight excluding hydrogens is 302 g/mol. The summed E-state index contributed by atoms with van der Waals surface area (Å²) in [4.78, 5) is 0. The fraction of sp³-hybridized carbons (Fsp3) is 0.263. The lowest BCUT2D eigenvalue weighted by Crippen LogP contribution is -2.08. The van der Waals surface area contributed by atoms with Gasteiger partial charge in [-0.25, -0.2) is 0 Å². The molecule has 124 valence electrons. The van der Waals surface area contributed by atoms with Crippen molar-refractivity contribution in [3.63, 3.8) is 0 Å². The predicted octanol–water partition coefficient (Wildman–Crippen LogP) is 4.06. The highest BCUT2D eigenvalue weighted by Gasteiger charge is 2.09. The number of nitrogens with one attached hydrogen (secondary N) is 1. The maximum absolute atomic E-state index is 5.79. The second-order valence-electron chi connectivity index (χ2n) is 5.77. The Kier molecular flexibility index (Phi) is 5.11. The quantitative estimate of drug-likeness (QED) is 0.710. The van der Waals surface area contributed by atoms with Gasteiger partial charge < -0.3 is 14.5 Å². The maximum Gasteiger partial charge on any atom is 0.235 e. The van der Waals surface area contributed by atoms with E-state index in [0.29, 0.717) is 24.7 Å². The molecule has 0 radical (unpaired) electrons. The van der Waals surface area contributed by atoms with Crippen molar-refractivity contribution < 1.29 is 9.15 Å². The largest absolute Gasteiger partial charge is 0.489 e. The fourth-order valence-corrected chi connectivity index (χ4v) is 2.34. The summed E-state index contributed by atoms with van der Waals surface area (Å²) in [5.41, 5.74) is 2.06. The molecule has 0 unspecified atom stereocenters. The Labute approximate surface area is 141 Å². The Bertz CT molecular complexity index is 769. The monoisotopic (exact) mass is 323 g/mol. The Morgan fingerprint density at radius 2 is 1.67 bits per heavy atom. The summed E-state index contributed by atoms with van der Waals surface area (Å²) < 4.78 is 11.5. The van der Waals surface area contributed by atoms with Gasteiger partial charge in [0.2, 0.25) is 11.8 Å². The van der Waals surface area contributed by atoms with E-state index in [-0.39, 0.29) is 6.10 Å². The van der Waals surface area contributed by atoms with Gasteiger partial charge in [-0.3, -0.25) is 0 Å². The minimum absolute atomic E-state index is 0.119. The molecule has 0 aliphatic heterocycles. The normalized spacial score (nSPS) is 10.8. The van der Waals surface area contributed by atoms with Crippen LogP contribution < -0.4 is 10.1 Å². The van der Waals surface area contributed by atoms with Crippen molar-refractivity contribution in [2.45, 2.75) is 32.9 Å². The second-order valence-corrected chi connectivity index (χ2v) is 5.77. The van der Waals surface area contributed by atoms with Gasteiger partial charge in [-0.05, 0) is 31.5 Å². The zero-order valence-electron chi connectivity index (χ0n) is 13.9. The van der Waals surface area contributed by atoms with Gasteiger partial charge in [0.1, 0.15) is 5.75 Å². The van der Waals surface area contributed by atoms with Gasteiger partial charge in [-0.1, -0.05) is 42.5 Å². The highest BCUT2D eigenvalue weighted by atomic mass is 16.5. The topological polar surface area (TPSA) is 60.2 Å². The van der Waals surface area contributed by atoms with Crippen molar-refractivity contribution >= 4 is 5.69 Å². The van der Waals surface area contributed by atoms with Crippen LogP contribution in [0.25, 0.3) is 0 Å². The minimum atomic E-state index is 0.119. The lowest BCUT2D eigenvalue weighted by atomic mass is 10.2. The van der Waals surface area contributed by atoms with Gasteiger partial charge in [0.05, 0.1) is 24.8 Å². The Hall–Kier alpha value is -2.82. The number of anilines is 1. The van der Waals surface area contributed by atoms with Crippen LogP contribution in [-0.4, -0.2) is 16.3 Å². The van der Waals surface area contributed by atoms with E-state index in [1.165, 1.54) is 0 Å². The summed E-state index contributed by atoms with van der Waals surface area (Å²) in [7, 11) is 0. The van der Waals surface area contributed by atoms with E-state index < -0.39 is 0 Å². The standard InChI is InChI=1S/C19H21N3O2/c1-14(2)23-17-11-7-6-10-16(17)20-13-19-22-21-18(24-19)12-15-8-4-3-5-9-15/h3-11,14,20H,12-13H2,1-2H3. The molecule has 0 saturated carbocycles. The zero-order chi connectivity index (χ0) is 16.8. The molecule has 3 rings (SSSR count). The molecule has 24 heavy (non-hydrogen) atoms. The van der Waals surface area contributed by atoms with Crippen molar-refractivity contribution in [3.8, 4) is 5.75 Å². The van der Waals surface area contributed by atoms with Crippen LogP contribution >= 0.6 is 0 Å². The summed E-state index contributed by atoms with van der Waals surface area (Å²) in [5.74, 6) is 1.99. The fourth-order valence-electron chi connectivity index (χ4n) is 2.34. The Morgan fingerprint density at radius 3 is 2.46 bits per heavy atom. The molecule has 3 aromatic rings. The van der Waals surface area contributed by atoms with Crippen molar-refractivity contribution in [1.29, 1.82) is 0 Å². The average Bonchev–Trinajstić information content (AvgIpc) is 3.02. The first-order valence-electron chi connectivity index (χ1n) is 8.05. The van der Waals surface area contributed by atoms with Gasteiger partial charge in [-0.15, -0.1) is 10.2 Å². The van der Waals surface area contributed by atoms with Crippen LogP contribution in [0.3, 0.4) is 0 Å². The molecule has 0 atom stereocenters. The molecule has 1 heterocycles. The van der Waals surface area contributed by atoms with Gasteiger partial charge in [-0.2, -0.15) is 0 Å². The van der Waals surface area contributed by atoms with E-state index in [0.717, 1.165) is 17.0 Å². The van der Waals surface area contributed by atoms with E-state index in [1.807, 2.05) is 68.4 Å². The first-order valence-corrected chi connectivity index (χ1v) is 8.05. The molecule has 0 aliphatic rings. The Morgan fingerprint density at radius 1 is 0.958 bits per heavy atom. The molecular formula is C19H21N3O2. The highest BCUT2D eigenvalue weighted by molar-refractivity contribution is 5.56. The smallest absolute Gasteiger partial charge is 0.235 e. The summed E-state index contributed by atoms with van der Waals surface area (Å²) in [6.07, 6.45) is 0.759. The zero-order valence-corrected chi connectivity index (χ0v) is 13.9. The van der Waals surface area contributed by atoms with E-state index >= 15 is 0 Å². The number of aromatic nitrogens is 2. The third-order valence-electron chi connectivity index (χ3n) is 3.39. The summed E-state index contributed by atoms with van der Waals surface area (Å²) in [6.45, 7) is 4.47. The van der Waals surface area contributed by atoms with Crippen LogP contribution in [0.15, 0.2) is 59.0 Å². The van der Waals surface area contributed by atoms with Crippen molar-refractivity contribution in [1.82, 2.24) is 10.2 Å². The number of hydrogen-bond acceptors (Lipinski definition) is 5. The molecule has 0 amide bonds. The third-order valence-corrected chi connectivity index (χ3v) is 3.39. The van der Waals surface area contributed by atoms with E-state index in [1.54, 1.807) is 0 Å². The van der Waals surface area contributed by atoms with Crippen LogP contribution in [0.1, 0.15) is 31.2 Å². The summed E-state index contributed by atoms with van der Waals surface area (Å²) in [5, 5.41) is 11.5.